The van der Waals surface area contributed by atoms with Crippen LogP contribution < -0.4 is 10.2 Å². The number of amides is 1. The van der Waals surface area contributed by atoms with Crippen molar-refractivity contribution in [3.05, 3.63) is 72.2 Å². The highest BCUT2D eigenvalue weighted by atomic mass is 19.4. The molecule has 0 atom stereocenters. The fourth-order valence-electron chi connectivity index (χ4n) is 3.28. The fourth-order valence-corrected chi connectivity index (χ4v) is 3.28. The standard InChI is InChI=1S/C21H19F3N6O/c22-21(23,24)16-6-4-15(5-7-16)20(31)30-11-9-29(10-12-30)19-13-18(26-14-27-19)28-17-3-1-2-8-25-17/h1-8,13-14H,9-12H2,(H,25,26,27,28). The predicted octanol–water partition coefficient (Wildman–Crippen LogP) is 3.60. The summed E-state index contributed by atoms with van der Waals surface area (Å²) in [5, 5.41) is 3.11. The van der Waals surface area contributed by atoms with Crippen molar-refractivity contribution >= 4 is 23.4 Å². The molecule has 0 spiro atoms. The van der Waals surface area contributed by atoms with Gasteiger partial charge in [-0.2, -0.15) is 13.2 Å². The highest BCUT2D eigenvalue weighted by Gasteiger charge is 2.30. The lowest BCUT2D eigenvalue weighted by atomic mass is 10.1. The van der Waals surface area contributed by atoms with Gasteiger partial charge in [0.1, 0.15) is 23.8 Å². The molecule has 1 fully saturated rings. The second-order valence-corrected chi connectivity index (χ2v) is 6.96. The van der Waals surface area contributed by atoms with Crippen LogP contribution in [0.2, 0.25) is 0 Å². The quantitative estimate of drug-likeness (QED) is 0.685. The average Bonchev–Trinajstić information content (AvgIpc) is 2.79. The first-order valence-electron chi connectivity index (χ1n) is 9.62. The summed E-state index contributed by atoms with van der Waals surface area (Å²) < 4.78 is 38.1. The second kappa shape index (κ2) is 8.58. The number of piperazine rings is 1. The van der Waals surface area contributed by atoms with Gasteiger partial charge in [-0.1, -0.05) is 6.07 Å². The Morgan fingerprint density at radius 1 is 0.903 bits per heavy atom. The highest BCUT2D eigenvalue weighted by molar-refractivity contribution is 5.94. The Balaban J connectivity index is 1.37. The molecule has 0 radical (unpaired) electrons. The zero-order valence-electron chi connectivity index (χ0n) is 16.4. The van der Waals surface area contributed by atoms with E-state index in [4.69, 9.17) is 0 Å². The van der Waals surface area contributed by atoms with Crippen molar-refractivity contribution in [1.29, 1.82) is 0 Å². The number of nitrogens with zero attached hydrogens (tertiary/aromatic N) is 5. The minimum atomic E-state index is -4.42. The number of carbonyl (C=O) groups is 1. The van der Waals surface area contributed by atoms with Crippen LogP contribution in [-0.4, -0.2) is 51.9 Å². The van der Waals surface area contributed by atoms with Gasteiger partial charge >= 0.3 is 6.18 Å². The van der Waals surface area contributed by atoms with Crippen LogP contribution in [0.1, 0.15) is 15.9 Å². The van der Waals surface area contributed by atoms with Crippen LogP contribution in [0.4, 0.5) is 30.6 Å². The second-order valence-electron chi connectivity index (χ2n) is 6.96. The summed E-state index contributed by atoms with van der Waals surface area (Å²) in [5.74, 6) is 1.70. The lowest BCUT2D eigenvalue weighted by molar-refractivity contribution is -0.137. The Labute approximate surface area is 176 Å². The maximum absolute atomic E-state index is 12.7. The molecule has 2 aromatic heterocycles. The first-order chi connectivity index (χ1) is 14.9. The summed E-state index contributed by atoms with van der Waals surface area (Å²) in [6.45, 7) is 1.97. The van der Waals surface area contributed by atoms with E-state index in [9.17, 15) is 18.0 Å². The van der Waals surface area contributed by atoms with Gasteiger partial charge in [-0.05, 0) is 36.4 Å². The molecule has 7 nitrogen and oxygen atoms in total. The number of hydrogen-bond acceptors (Lipinski definition) is 6. The minimum absolute atomic E-state index is 0.241. The fraction of sp³-hybridized carbons (Fsp3) is 0.238. The van der Waals surface area contributed by atoms with Gasteiger partial charge in [0.25, 0.3) is 5.91 Å². The van der Waals surface area contributed by atoms with Crippen molar-refractivity contribution in [3.63, 3.8) is 0 Å². The van der Waals surface area contributed by atoms with E-state index in [-0.39, 0.29) is 11.5 Å². The first-order valence-corrected chi connectivity index (χ1v) is 9.62. The number of benzene rings is 1. The summed E-state index contributed by atoms with van der Waals surface area (Å²) in [7, 11) is 0. The Hall–Kier alpha value is -3.69. The van der Waals surface area contributed by atoms with E-state index in [2.05, 4.69) is 20.3 Å². The van der Waals surface area contributed by atoms with Gasteiger partial charge in [-0.15, -0.1) is 0 Å². The number of anilines is 3. The molecule has 1 aliphatic heterocycles. The Kier molecular flexibility index (Phi) is 5.70. The third-order valence-electron chi connectivity index (χ3n) is 4.92. The van der Waals surface area contributed by atoms with Crippen LogP contribution in [-0.2, 0) is 6.18 Å². The summed E-state index contributed by atoms with van der Waals surface area (Å²) in [6.07, 6.45) is -1.29. The van der Waals surface area contributed by atoms with Gasteiger partial charge < -0.3 is 15.1 Å². The maximum atomic E-state index is 12.7. The normalized spacial score (nSPS) is 14.4. The lowest BCUT2D eigenvalue weighted by Gasteiger charge is -2.35. The Morgan fingerprint density at radius 3 is 2.29 bits per heavy atom. The largest absolute Gasteiger partial charge is 0.416 e. The summed E-state index contributed by atoms with van der Waals surface area (Å²) in [5.41, 5.74) is -0.530. The monoisotopic (exact) mass is 428 g/mol. The average molecular weight is 428 g/mol. The summed E-state index contributed by atoms with van der Waals surface area (Å²) in [4.78, 5) is 29.0. The van der Waals surface area contributed by atoms with Crippen molar-refractivity contribution in [2.24, 2.45) is 0 Å². The molecule has 10 heteroatoms. The molecule has 3 heterocycles. The van der Waals surface area contributed by atoms with E-state index in [1.165, 1.54) is 18.5 Å². The number of halogens is 3. The Bertz CT molecular complexity index is 1030. The molecule has 1 amide bonds. The van der Waals surface area contributed by atoms with Crippen LogP contribution in [0.5, 0.6) is 0 Å². The number of alkyl halides is 3. The van der Waals surface area contributed by atoms with Crippen LogP contribution in [0.3, 0.4) is 0 Å². The molecular formula is C21H19F3N6O. The molecule has 1 N–H and O–H groups in total. The molecule has 0 saturated carbocycles. The first kappa shape index (κ1) is 20.6. The van der Waals surface area contributed by atoms with Crippen LogP contribution >= 0.6 is 0 Å². The van der Waals surface area contributed by atoms with E-state index in [0.717, 1.165) is 18.0 Å². The van der Waals surface area contributed by atoms with Crippen molar-refractivity contribution in [3.8, 4) is 0 Å². The van der Waals surface area contributed by atoms with Gasteiger partial charge in [-0.3, -0.25) is 4.79 Å². The van der Waals surface area contributed by atoms with Gasteiger partial charge in [0, 0.05) is 44.0 Å². The maximum Gasteiger partial charge on any atom is 0.416 e. The van der Waals surface area contributed by atoms with Crippen LogP contribution in [0, 0.1) is 0 Å². The molecule has 160 valence electrons. The molecule has 0 bridgehead atoms. The van der Waals surface area contributed by atoms with Crippen LogP contribution in [0.25, 0.3) is 0 Å². The molecule has 4 rings (SSSR count). The summed E-state index contributed by atoms with van der Waals surface area (Å²) >= 11 is 0. The van der Waals surface area contributed by atoms with Crippen molar-refractivity contribution in [2.45, 2.75) is 6.18 Å². The van der Waals surface area contributed by atoms with E-state index >= 15 is 0 Å². The molecule has 31 heavy (non-hydrogen) atoms. The van der Waals surface area contributed by atoms with E-state index < -0.39 is 11.7 Å². The SMILES string of the molecule is O=C(c1ccc(C(F)(F)F)cc1)N1CCN(c2cc(Nc3ccccn3)ncn2)CC1. The molecular weight excluding hydrogens is 409 g/mol. The highest BCUT2D eigenvalue weighted by Crippen LogP contribution is 2.29. The van der Waals surface area contributed by atoms with Gasteiger partial charge in [0.15, 0.2) is 0 Å². The molecule has 3 aromatic rings. The number of nitrogens with one attached hydrogen (secondary N) is 1. The molecule has 1 aromatic carbocycles. The van der Waals surface area contributed by atoms with Gasteiger partial charge in [0.05, 0.1) is 5.56 Å². The van der Waals surface area contributed by atoms with Crippen molar-refractivity contribution < 1.29 is 18.0 Å². The third-order valence-corrected chi connectivity index (χ3v) is 4.92. The third kappa shape index (κ3) is 4.90. The smallest absolute Gasteiger partial charge is 0.353 e. The van der Waals surface area contributed by atoms with Gasteiger partial charge in [-0.25, -0.2) is 15.0 Å². The molecule has 0 unspecified atom stereocenters. The van der Waals surface area contributed by atoms with Crippen molar-refractivity contribution in [1.82, 2.24) is 19.9 Å². The lowest BCUT2D eigenvalue weighted by Crippen LogP contribution is -2.49. The number of rotatable bonds is 4. The zero-order chi connectivity index (χ0) is 21.8. The van der Waals surface area contributed by atoms with E-state index in [0.29, 0.717) is 37.8 Å². The number of pyridine rings is 1. The predicted molar refractivity (Wildman–Crippen MR) is 109 cm³/mol. The zero-order valence-corrected chi connectivity index (χ0v) is 16.4. The summed E-state index contributed by atoms with van der Waals surface area (Å²) in [6, 6.07) is 11.6. The topological polar surface area (TPSA) is 74.2 Å². The molecule has 1 aliphatic rings. The van der Waals surface area contributed by atoms with Crippen molar-refractivity contribution in [2.75, 3.05) is 36.4 Å². The molecule has 1 saturated heterocycles. The number of hydrogen-bond donors (Lipinski definition) is 1. The van der Waals surface area contributed by atoms with Crippen LogP contribution in [0.15, 0.2) is 61.1 Å². The van der Waals surface area contributed by atoms with E-state index in [1.807, 2.05) is 29.2 Å². The minimum Gasteiger partial charge on any atom is -0.353 e. The molecule has 0 aliphatic carbocycles. The van der Waals surface area contributed by atoms with E-state index in [1.54, 1.807) is 11.1 Å². The Morgan fingerprint density at radius 2 is 1.65 bits per heavy atom. The van der Waals surface area contributed by atoms with Gasteiger partial charge in [0.2, 0.25) is 0 Å². The number of carbonyl (C=O) groups excluding carboxylic acids is 1. The number of aromatic nitrogens is 3.